The second kappa shape index (κ2) is 4.33. The van der Waals surface area contributed by atoms with E-state index in [4.69, 9.17) is 4.52 Å². The third-order valence-corrected chi connectivity index (χ3v) is 3.32. The standard InChI is InChI=1S/C13H16N4O/c1-3-17(2)13-15-12(18-16-13)11-8-9-6-4-5-7-10(9)14-11/h4-7,11,14H,3,8H2,1-2H3/t11-/m0/s1. The summed E-state index contributed by atoms with van der Waals surface area (Å²) in [7, 11) is 1.95. The minimum atomic E-state index is 0.0916. The van der Waals surface area contributed by atoms with E-state index < -0.39 is 0 Å². The van der Waals surface area contributed by atoms with Crippen molar-refractivity contribution < 1.29 is 4.52 Å². The summed E-state index contributed by atoms with van der Waals surface area (Å²) in [6, 6.07) is 8.36. The molecule has 3 rings (SSSR count). The first kappa shape index (κ1) is 11.1. The number of aromatic nitrogens is 2. The number of hydrogen-bond donors (Lipinski definition) is 1. The predicted molar refractivity (Wildman–Crippen MR) is 69.8 cm³/mol. The Labute approximate surface area is 106 Å². The molecular formula is C13H16N4O. The van der Waals surface area contributed by atoms with E-state index in [0.717, 1.165) is 18.7 Å². The molecule has 2 aromatic rings. The average molecular weight is 244 g/mol. The Morgan fingerprint density at radius 3 is 3.06 bits per heavy atom. The maximum Gasteiger partial charge on any atom is 0.265 e. The van der Waals surface area contributed by atoms with Crippen molar-refractivity contribution in [3.05, 3.63) is 35.7 Å². The van der Waals surface area contributed by atoms with E-state index >= 15 is 0 Å². The van der Waals surface area contributed by atoms with Crippen molar-refractivity contribution in [1.29, 1.82) is 0 Å². The summed E-state index contributed by atoms with van der Waals surface area (Å²) in [6.45, 7) is 2.91. The zero-order chi connectivity index (χ0) is 12.5. The highest BCUT2D eigenvalue weighted by atomic mass is 16.5. The molecule has 0 spiro atoms. The molecule has 5 heteroatoms. The zero-order valence-corrected chi connectivity index (χ0v) is 10.6. The van der Waals surface area contributed by atoms with Gasteiger partial charge in [0.1, 0.15) is 6.04 Å². The molecule has 0 amide bonds. The number of rotatable bonds is 3. The van der Waals surface area contributed by atoms with Crippen molar-refractivity contribution >= 4 is 11.6 Å². The fourth-order valence-corrected chi connectivity index (χ4v) is 2.11. The van der Waals surface area contributed by atoms with Crippen LogP contribution in [-0.4, -0.2) is 23.7 Å². The lowest BCUT2D eigenvalue weighted by molar-refractivity contribution is 0.363. The third-order valence-electron chi connectivity index (χ3n) is 3.32. The quantitative estimate of drug-likeness (QED) is 0.897. The van der Waals surface area contributed by atoms with Crippen LogP contribution in [0.25, 0.3) is 0 Å². The fraction of sp³-hybridized carbons (Fsp3) is 0.385. The Hall–Kier alpha value is -2.04. The van der Waals surface area contributed by atoms with Crippen LogP contribution < -0.4 is 10.2 Å². The summed E-state index contributed by atoms with van der Waals surface area (Å²) >= 11 is 0. The van der Waals surface area contributed by atoms with Gasteiger partial charge in [0.05, 0.1) is 0 Å². The monoisotopic (exact) mass is 244 g/mol. The largest absolute Gasteiger partial charge is 0.373 e. The molecule has 0 radical (unpaired) electrons. The van der Waals surface area contributed by atoms with Gasteiger partial charge in [-0.2, -0.15) is 4.98 Å². The molecule has 0 saturated carbocycles. The molecule has 1 aliphatic heterocycles. The lowest BCUT2D eigenvalue weighted by atomic mass is 10.1. The molecule has 1 aromatic carbocycles. The van der Waals surface area contributed by atoms with E-state index in [-0.39, 0.29) is 6.04 Å². The second-order valence-corrected chi connectivity index (χ2v) is 4.50. The van der Waals surface area contributed by atoms with Crippen LogP contribution in [0.5, 0.6) is 0 Å². The molecule has 0 bridgehead atoms. The number of nitrogens with zero attached hydrogens (tertiary/aromatic N) is 3. The van der Waals surface area contributed by atoms with Crippen LogP contribution in [0.1, 0.15) is 24.4 Å². The number of fused-ring (bicyclic) bond motifs is 1. The normalized spacial score (nSPS) is 17.3. The summed E-state index contributed by atoms with van der Waals surface area (Å²) in [5, 5.41) is 7.40. The van der Waals surface area contributed by atoms with Gasteiger partial charge in [0.25, 0.3) is 11.8 Å². The minimum Gasteiger partial charge on any atom is -0.373 e. The first-order valence-corrected chi connectivity index (χ1v) is 6.17. The number of hydrogen-bond acceptors (Lipinski definition) is 5. The highest BCUT2D eigenvalue weighted by Crippen LogP contribution is 2.33. The minimum absolute atomic E-state index is 0.0916. The van der Waals surface area contributed by atoms with Crippen molar-refractivity contribution in [2.24, 2.45) is 0 Å². The topological polar surface area (TPSA) is 54.2 Å². The molecule has 1 atom stereocenters. The highest BCUT2D eigenvalue weighted by molar-refractivity contribution is 5.57. The Morgan fingerprint density at radius 2 is 2.28 bits per heavy atom. The maximum atomic E-state index is 5.34. The Kier molecular flexibility index (Phi) is 2.66. The van der Waals surface area contributed by atoms with Crippen LogP contribution in [0.4, 0.5) is 11.6 Å². The Morgan fingerprint density at radius 1 is 1.44 bits per heavy atom. The SMILES string of the molecule is CCN(C)c1noc([C@@H]2Cc3ccccc3N2)n1. The molecular weight excluding hydrogens is 228 g/mol. The van der Waals surface area contributed by atoms with Crippen LogP contribution in [0.2, 0.25) is 0 Å². The van der Waals surface area contributed by atoms with Gasteiger partial charge in [-0.25, -0.2) is 0 Å². The lowest BCUT2D eigenvalue weighted by Gasteiger charge is -2.09. The molecule has 18 heavy (non-hydrogen) atoms. The molecule has 2 heterocycles. The molecule has 0 unspecified atom stereocenters. The van der Waals surface area contributed by atoms with Crippen molar-refractivity contribution in [2.45, 2.75) is 19.4 Å². The third kappa shape index (κ3) is 1.81. The van der Waals surface area contributed by atoms with Crippen molar-refractivity contribution in [2.75, 3.05) is 23.8 Å². The van der Waals surface area contributed by atoms with E-state index in [0.29, 0.717) is 11.8 Å². The van der Waals surface area contributed by atoms with Gasteiger partial charge >= 0.3 is 0 Å². The summed E-state index contributed by atoms with van der Waals surface area (Å²) in [4.78, 5) is 6.39. The average Bonchev–Trinajstić information content (AvgIpc) is 3.03. The van der Waals surface area contributed by atoms with Gasteiger partial charge in [0.2, 0.25) is 0 Å². The molecule has 1 aliphatic rings. The van der Waals surface area contributed by atoms with Crippen LogP contribution in [0.3, 0.4) is 0 Å². The maximum absolute atomic E-state index is 5.34. The summed E-state index contributed by atoms with van der Waals surface area (Å²) in [6.07, 6.45) is 0.896. The van der Waals surface area contributed by atoms with Gasteiger partial charge in [-0.15, -0.1) is 0 Å². The number of nitrogens with one attached hydrogen (secondary N) is 1. The summed E-state index contributed by atoms with van der Waals surface area (Å²) in [5.74, 6) is 1.30. The van der Waals surface area contributed by atoms with Gasteiger partial charge in [-0.1, -0.05) is 18.2 Å². The molecule has 0 aliphatic carbocycles. The van der Waals surface area contributed by atoms with E-state index in [1.54, 1.807) is 0 Å². The highest BCUT2D eigenvalue weighted by Gasteiger charge is 2.26. The van der Waals surface area contributed by atoms with E-state index in [1.807, 2.05) is 24.1 Å². The number of para-hydroxylation sites is 1. The van der Waals surface area contributed by atoms with Crippen LogP contribution in [-0.2, 0) is 6.42 Å². The van der Waals surface area contributed by atoms with Crippen molar-refractivity contribution in [3.8, 4) is 0 Å². The smallest absolute Gasteiger partial charge is 0.265 e. The van der Waals surface area contributed by atoms with E-state index in [9.17, 15) is 0 Å². The van der Waals surface area contributed by atoms with E-state index in [1.165, 1.54) is 5.56 Å². The number of anilines is 2. The van der Waals surface area contributed by atoms with Gasteiger partial charge in [0, 0.05) is 25.7 Å². The first-order valence-electron chi connectivity index (χ1n) is 6.17. The first-order chi connectivity index (χ1) is 8.78. The van der Waals surface area contributed by atoms with Gasteiger partial charge in [-0.05, 0) is 23.7 Å². The molecule has 5 nitrogen and oxygen atoms in total. The predicted octanol–water partition coefficient (Wildman–Crippen LogP) is 2.23. The molecule has 1 aromatic heterocycles. The summed E-state index contributed by atoms with van der Waals surface area (Å²) in [5.41, 5.74) is 2.46. The molecule has 1 N–H and O–H groups in total. The van der Waals surface area contributed by atoms with Gasteiger partial charge < -0.3 is 14.7 Å². The van der Waals surface area contributed by atoms with Gasteiger partial charge in [0.15, 0.2) is 0 Å². The summed E-state index contributed by atoms with van der Waals surface area (Å²) < 4.78 is 5.34. The van der Waals surface area contributed by atoms with Gasteiger partial charge in [-0.3, -0.25) is 0 Å². The van der Waals surface area contributed by atoms with Crippen LogP contribution in [0.15, 0.2) is 28.8 Å². The van der Waals surface area contributed by atoms with Crippen LogP contribution >= 0.6 is 0 Å². The van der Waals surface area contributed by atoms with E-state index in [2.05, 4.69) is 34.5 Å². The second-order valence-electron chi connectivity index (χ2n) is 4.50. The zero-order valence-electron chi connectivity index (χ0n) is 10.6. The fourth-order valence-electron chi connectivity index (χ4n) is 2.11. The Balaban J connectivity index is 1.80. The molecule has 94 valence electrons. The van der Waals surface area contributed by atoms with Crippen molar-refractivity contribution in [1.82, 2.24) is 10.1 Å². The molecule has 0 fully saturated rings. The molecule has 0 saturated heterocycles. The van der Waals surface area contributed by atoms with Crippen LogP contribution in [0, 0.1) is 0 Å². The lowest BCUT2D eigenvalue weighted by Crippen LogP contribution is -2.17. The van der Waals surface area contributed by atoms with Crippen molar-refractivity contribution in [3.63, 3.8) is 0 Å². The number of benzene rings is 1. The Bertz CT molecular complexity index is 526.